The van der Waals surface area contributed by atoms with Crippen LogP contribution in [-0.2, 0) is 6.54 Å². The molecule has 1 aliphatic heterocycles. The van der Waals surface area contributed by atoms with Crippen molar-refractivity contribution in [2.75, 3.05) is 13.4 Å². The number of aryl methyl sites for hydroxylation is 1. The first-order valence-electron chi connectivity index (χ1n) is 10.4. The van der Waals surface area contributed by atoms with Gasteiger partial charge in [0.2, 0.25) is 6.79 Å². The van der Waals surface area contributed by atoms with Crippen LogP contribution in [-0.4, -0.2) is 23.9 Å². The topological polar surface area (TPSA) is 62.0 Å². The van der Waals surface area contributed by atoms with E-state index in [0.29, 0.717) is 17.0 Å². The molecular weight excluding hydrogens is 400 g/mol. The van der Waals surface area contributed by atoms with Crippen LogP contribution in [0.2, 0.25) is 0 Å². The van der Waals surface area contributed by atoms with Gasteiger partial charge >= 0.3 is 0 Å². The minimum Gasteiger partial charge on any atom is -0.494 e. The Labute approximate surface area is 179 Å². The Balaban J connectivity index is 1.59. The second-order valence-electron chi connectivity index (χ2n) is 7.21. The molecule has 1 aromatic heterocycles. The second-order valence-corrected chi connectivity index (χ2v) is 8.22. The quantitative estimate of drug-likeness (QED) is 0.467. The van der Waals surface area contributed by atoms with E-state index in [2.05, 4.69) is 23.4 Å². The van der Waals surface area contributed by atoms with Gasteiger partial charge in [-0.25, -0.2) is 0 Å². The number of rotatable bonds is 8. The summed E-state index contributed by atoms with van der Waals surface area (Å²) in [6.07, 6.45) is 4.29. The van der Waals surface area contributed by atoms with E-state index in [0.717, 1.165) is 59.7 Å². The van der Waals surface area contributed by atoms with Gasteiger partial charge in [-0.1, -0.05) is 38.0 Å². The van der Waals surface area contributed by atoms with Crippen molar-refractivity contribution in [3.8, 4) is 17.2 Å². The van der Waals surface area contributed by atoms with Crippen LogP contribution in [0.3, 0.4) is 0 Å². The van der Waals surface area contributed by atoms with Gasteiger partial charge in [0.15, 0.2) is 16.3 Å². The monoisotopic (exact) mass is 426 g/mol. The average molecular weight is 427 g/mol. The Hall–Kier alpha value is -2.80. The third-order valence-corrected chi connectivity index (χ3v) is 5.98. The van der Waals surface area contributed by atoms with Crippen LogP contribution < -0.4 is 19.0 Å². The van der Waals surface area contributed by atoms with Crippen molar-refractivity contribution < 1.29 is 19.0 Å². The molecule has 2 aromatic carbocycles. The van der Waals surface area contributed by atoms with E-state index >= 15 is 0 Å². The van der Waals surface area contributed by atoms with E-state index < -0.39 is 0 Å². The van der Waals surface area contributed by atoms with Crippen molar-refractivity contribution >= 4 is 27.5 Å². The van der Waals surface area contributed by atoms with Gasteiger partial charge in [0.25, 0.3) is 5.91 Å². The van der Waals surface area contributed by atoms with Crippen molar-refractivity contribution in [1.82, 2.24) is 4.57 Å². The highest BCUT2D eigenvalue weighted by atomic mass is 32.1. The van der Waals surface area contributed by atoms with Crippen molar-refractivity contribution in [3.63, 3.8) is 0 Å². The fraction of sp³-hybridized carbons (Fsp3) is 0.391. The number of thiazole rings is 1. The molecule has 4 rings (SSSR count). The summed E-state index contributed by atoms with van der Waals surface area (Å²) in [6.45, 7) is 5.99. The van der Waals surface area contributed by atoms with Gasteiger partial charge in [0.1, 0.15) is 5.75 Å². The minimum atomic E-state index is -0.260. The molecule has 0 bridgehead atoms. The van der Waals surface area contributed by atoms with E-state index in [-0.39, 0.29) is 12.7 Å². The molecule has 158 valence electrons. The molecule has 2 heterocycles. The second kappa shape index (κ2) is 9.34. The molecule has 0 spiro atoms. The number of hydrogen-bond acceptors (Lipinski definition) is 5. The van der Waals surface area contributed by atoms with Gasteiger partial charge < -0.3 is 18.8 Å². The standard InChI is InChI=1S/C23H26N2O4S/c1-3-5-6-12-27-17-9-7-16(8-10-17)22(26)24-23-25(11-4-2)18-13-19-20(29-15-28-19)14-21(18)30-23/h7-10,13-14H,3-6,11-12,15H2,1-2H3. The van der Waals surface area contributed by atoms with Crippen molar-refractivity contribution in [3.05, 3.63) is 46.8 Å². The maximum Gasteiger partial charge on any atom is 0.279 e. The third kappa shape index (κ3) is 4.36. The highest BCUT2D eigenvalue weighted by Gasteiger charge is 2.18. The van der Waals surface area contributed by atoms with Crippen LogP contribution in [0.15, 0.2) is 41.4 Å². The number of nitrogens with zero attached hydrogens (tertiary/aromatic N) is 2. The Morgan fingerprint density at radius 3 is 2.60 bits per heavy atom. The van der Waals surface area contributed by atoms with Gasteiger partial charge in [-0.15, -0.1) is 0 Å². The van der Waals surface area contributed by atoms with Gasteiger partial charge in [-0.3, -0.25) is 4.79 Å². The maximum absolute atomic E-state index is 12.8. The van der Waals surface area contributed by atoms with Crippen LogP contribution in [0.1, 0.15) is 49.9 Å². The molecule has 1 aliphatic rings. The number of amides is 1. The summed E-state index contributed by atoms with van der Waals surface area (Å²) in [5, 5.41) is 0. The largest absolute Gasteiger partial charge is 0.494 e. The third-order valence-electron chi connectivity index (χ3n) is 4.94. The first-order valence-corrected chi connectivity index (χ1v) is 11.3. The summed E-state index contributed by atoms with van der Waals surface area (Å²) < 4.78 is 19.8. The number of benzene rings is 2. The molecule has 0 radical (unpaired) electrons. The zero-order chi connectivity index (χ0) is 20.9. The average Bonchev–Trinajstić information content (AvgIpc) is 3.34. The maximum atomic E-state index is 12.8. The van der Waals surface area contributed by atoms with Gasteiger partial charge in [0.05, 0.1) is 16.8 Å². The van der Waals surface area contributed by atoms with Crippen LogP contribution in [0.5, 0.6) is 17.2 Å². The molecule has 0 N–H and O–H groups in total. The Morgan fingerprint density at radius 1 is 1.10 bits per heavy atom. The van der Waals surface area contributed by atoms with E-state index in [1.54, 1.807) is 12.1 Å². The zero-order valence-corrected chi connectivity index (χ0v) is 18.2. The van der Waals surface area contributed by atoms with Crippen LogP contribution in [0, 0.1) is 0 Å². The molecule has 0 saturated carbocycles. The van der Waals surface area contributed by atoms with Gasteiger partial charge in [-0.05, 0) is 37.1 Å². The molecule has 0 atom stereocenters. The molecule has 0 aliphatic carbocycles. The molecule has 1 amide bonds. The Kier molecular flexibility index (Phi) is 6.38. The number of aromatic nitrogens is 1. The first kappa shape index (κ1) is 20.5. The number of fused-ring (bicyclic) bond motifs is 2. The highest BCUT2D eigenvalue weighted by Crippen LogP contribution is 2.37. The number of ether oxygens (including phenoxy) is 3. The summed E-state index contributed by atoms with van der Waals surface area (Å²) in [5.74, 6) is 1.99. The fourth-order valence-corrected chi connectivity index (χ4v) is 4.44. The van der Waals surface area contributed by atoms with E-state index in [1.807, 2.05) is 24.3 Å². The molecule has 0 fully saturated rings. The van der Waals surface area contributed by atoms with Crippen LogP contribution >= 0.6 is 11.3 Å². The summed E-state index contributed by atoms with van der Waals surface area (Å²) in [6, 6.07) is 11.1. The first-order chi connectivity index (χ1) is 14.7. The molecule has 0 saturated heterocycles. The zero-order valence-electron chi connectivity index (χ0n) is 17.3. The van der Waals surface area contributed by atoms with Crippen LogP contribution in [0.4, 0.5) is 0 Å². The molecular formula is C23H26N2O4S. The minimum absolute atomic E-state index is 0.244. The lowest BCUT2D eigenvalue weighted by atomic mass is 10.2. The number of hydrogen-bond donors (Lipinski definition) is 0. The molecule has 3 aromatic rings. The van der Waals surface area contributed by atoms with Gasteiger partial charge in [-0.2, -0.15) is 4.99 Å². The number of carbonyl (C=O) groups is 1. The molecule has 6 nitrogen and oxygen atoms in total. The normalized spacial score (nSPS) is 13.2. The predicted octanol–water partition coefficient (Wildman–Crippen LogP) is 5.15. The van der Waals surface area contributed by atoms with Gasteiger partial charge in [0, 0.05) is 24.2 Å². The highest BCUT2D eigenvalue weighted by molar-refractivity contribution is 7.16. The smallest absolute Gasteiger partial charge is 0.279 e. The Bertz CT molecular complexity index is 1100. The summed E-state index contributed by atoms with van der Waals surface area (Å²) in [5.41, 5.74) is 1.55. The molecule has 0 unspecified atom stereocenters. The predicted molar refractivity (Wildman–Crippen MR) is 118 cm³/mol. The van der Waals surface area contributed by atoms with Crippen LogP contribution in [0.25, 0.3) is 10.2 Å². The SMILES string of the molecule is CCCCCOc1ccc(C(=O)N=c2sc3cc4c(cc3n2CCC)OCO4)cc1. The van der Waals surface area contributed by atoms with Crippen molar-refractivity contribution in [2.45, 2.75) is 46.1 Å². The summed E-state index contributed by atoms with van der Waals surface area (Å²) in [4.78, 5) is 17.9. The van der Waals surface area contributed by atoms with E-state index in [1.165, 1.54) is 11.3 Å². The van der Waals surface area contributed by atoms with E-state index in [4.69, 9.17) is 14.2 Å². The Morgan fingerprint density at radius 2 is 1.87 bits per heavy atom. The number of carbonyl (C=O) groups excluding carboxylic acids is 1. The molecule has 30 heavy (non-hydrogen) atoms. The lowest BCUT2D eigenvalue weighted by Gasteiger charge is -2.06. The molecule has 7 heteroatoms. The van der Waals surface area contributed by atoms with E-state index in [9.17, 15) is 4.79 Å². The lowest BCUT2D eigenvalue weighted by Crippen LogP contribution is -2.16. The van der Waals surface area contributed by atoms with Crippen molar-refractivity contribution in [1.29, 1.82) is 0 Å². The lowest BCUT2D eigenvalue weighted by molar-refractivity contribution is 0.0997. The summed E-state index contributed by atoms with van der Waals surface area (Å²) >= 11 is 1.49. The fourth-order valence-electron chi connectivity index (χ4n) is 3.37. The van der Waals surface area contributed by atoms with Crippen molar-refractivity contribution in [2.24, 2.45) is 4.99 Å². The number of unbranched alkanes of at least 4 members (excludes halogenated alkanes) is 2. The summed E-state index contributed by atoms with van der Waals surface area (Å²) in [7, 11) is 0.